The van der Waals surface area contributed by atoms with Crippen molar-refractivity contribution in [2.24, 2.45) is 0 Å². The lowest BCUT2D eigenvalue weighted by Gasteiger charge is -2.14. The number of aromatic nitrogens is 2. The molecule has 1 aromatic heterocycles. The second-order valence-corrected chi connectivity index (χ2v) is 6.00. The number of carbonyl (C=O) groups is 1. The third-order valence-electron chi connectivity index (χ3n) is 2.47. The summed E-state index contributed by atoms with van der Waals surface area (Å²) in [5, 5.41) is 10.1. The first-order valence-corrected chi connectivity index (χ1v) is 7.56. The van der Waals surface area contributed by atoms with E-state index in [-0.39, 0.29) is 17.2 Å². The van der Waals surface area contributed by atoms with Crippen molar-refractivity contribution in [1.29, 1.82) is 0 Å². The van der Waals surface area contributed by atoms with Crippen LogP contribution in [0, 0.1) is 11.6 Å². The van der Waals surface area contributed by atoms with E-state index in [1.807, 2.05) is 0 Å². The van der Waals surface area contributed by atoms with Crippen LogP contribution in [0.15, 0.2) is 28.0 Å². The van der Waals surface area contributed by atoms with Gasteiger partial charge in [0.2, 0.25) is 5.91 Å². The maximum absolute atomic E-state index is 13.5. The summed E-state index contributed by atoms with van der Waals surface area (Å²) < 4.78 is 27.1. The quantitative estimate of drug-likeness (QED) is 0.862. The lowest BCUT2D eigenvalue weighted by Crippen LogP contribution is -2.28. The Hall–Kier alpha value is -1.54. The van der Waals surface area contributed by atoms with Crippen molar-refractivity contribution in [3.05, 3.63) is 40.9 Å². The van der Waals surface area contributed by atoms with Crippen LogP contribution < -0.4 is 5.32 Å². The minimum atomic E-state index is -0.672. The lowest BCUT2D eigenvalue weighted by atomic mass is 10.1. The van der Waals surface area contributed by atoms with Gasteiger partial charge in [-0.05, 0) is 13.0 Å². The van der Waals surface area contributed by atoms with Crippen LogP contribution in [0.25, 0.3) is 0 Å². The Morgan fingerprint density at radius 3 is 2.95 bits per heavy atom. The number of nitrogens with one attached hydrogen (secondary N) is 1. The monoisotopic (exact) mass is 315 g/mol. The topological polar surface area (TPSA) is 54.9 Å². The molecule has 1 heterocycles. The smallest absolute Gasteiger partial charge is 0.230 e. The van der Waals surface area contributed by atoms with Gasteiger partial charge in [-0.2, -0.15) is 0 Å². The van der Waals surface area contributed by atoms with Crippen LogP contribution in [0.3, 0.4) is 0 Å². The largest absolute Gasteiger partial charge is 0.349 e. The van der Waals surface area contributed by atoms with Crippen LogP contribution in [0.4, 0.5) is 8.78 Å². The van der Waals surface area contributed by atoms with Crippen molar-refractivity contribution in [3.63, 3.8) is 0 Å². The number of thioether (sulfide) groups is 1. The average molecular weight is 315 g/mol. The number of rotatable bonds is 5. The number of hydrogen-bond donors (Lipinski definition) is 1. The van der Waals surface area contributed by atoms with Gasteiger partial charge in [0.1, 0.15) is 17.1 Å². The molecule has 20 heavy (non-hydrogen) atoms. The average Bonchev–Trinajstić information content (AvgIpc) is 2.89. The molecule has 0 fully saturated rings. The molecule has 1 atom stereocenters. The third-order valence-corrected chi connectivity index (χ3v) is 4.33. The first kappa shape index (κ1) is 14.9. The molecule has 0 aliphatic rings. The highest BCUT2D eigenvalue weighted by Crippen LogP contribution is 2.20. The molecule has 0 bridgehead atoms. The summed E-state index contributed by atoms with van der Waals surface area (Å²) in [5.74, 6) is -1.39. The number of amides is 1. The first-order valence-electron chi connectivity index (χ1n) is 5.69. The molecular formula is C12H11F2N3OS2. The van der Waals surface area contributed by atoms with Crippen LogP contribution >= 0.6 is 23.1 Å². The molecule has 4 nitrogen and oxygen atoms in total. The fraction of sp³-hybridized carbons (Fsp3) is 0.250. The minimum absolute atomic E-state index is 0.169. The first-order chi connectivity index (χ1) is 9.56. The number of benzene rings is 1. The van der Waals surface area contributed by atoms with Gasteiger partial charge in [-0.25, -0.2) is 8.78 Å². The van der Waals surface area contributed by atoms with E-state index < -0.39 is 17.7 Å². The van der Waals surface area contributed by atoms with Gasteiger partial charge in [0.25, 0.3) is 0 Å². The molecule has 0 radical (unpaired) electrons. The summed E-state index contributed by atoms with van der Waals surface area (Å²) in [6.07, 6.45) is 0. The Kier molecular flexibility index (Phi) is 5.02. The van der Waals surface area contributed by atoms with Crippen molar-refractivity contribution >= 4 is 29.0 Å². The van der Waals surface area contributed by atoms with Crippen molar-refractivity contribution in [1.82, 2.24) is 15.5 Å². The number of halogens is 2. The molecule has 2 rings (SSSR count). The minimum Gasteiger partial charge on any atom is -0.349 e. The summed E-state index contributed by atoms with van der Waals surface area (Å²) >= 11 is 2.60. The fourth-order valence-corrected chi connectivity index (χ4v) is 2.87. The number of nitrogens with zero attached hydrogens (tertiary/aromatic N) is 2. The van der Waals surface area contributed by atoms with E-state index in [1.54, 1.807) is 12.4 Å². The number of hydrogen-bond acceptors (Lipinski definition) is 5. The highest BCUT2D eigenvalue weighted by molar-refractivity contribution is 8.01. The predicted molar refractivity (Wildman–Crippen MR) is 73.5 cm³/mol. The maximum atomic E-state index is 13.5. The molecule has 0 saturated heterocycles. The van der Waals surface area contributed by atoms with Gasteiger partial charge < -0.3 is 5.32 Å². The molecule has 106 valence electrons. The molecular weight excluding hydrogens is 304 g/mol. The van der Waals surface area contributed by atoms with E-state index in [2.05, 4.69) is 15.5 Å². The standard InChI is InChI=1S/C12H11F2N3OS2/c1-7(9-3-2-8(13)4-10(9)14)16-11(18)5-19-12-17-15-6-20-12/h2-4,6-7H,5H2,1H3,(H,16,18). The molecule has 0 saturated carbocycles. The highest BCUT2D eigenvalue weighted by Gasteiger charge is 2.14. The zero-order valence-corrected chi connectivity index (χ0v) is 12.1. The highest BCUT2D eigenvalue weighted by atomic mass is 32.2. The van der Waals surface area contributed by atoms with Crippen LogP contribution in [-0.2, 0) is 4.79 Å². The molecule has 0 aliphatic carbocycles. The van der Waals surface area contributed by atoms with E-state index in [1.165, 1.54) is 29.2 Å². The Morgan fingerprint density at radius 2 is 2.30 bits per heavy atom. The summed E-state index contributed by atoms with van der Waals surface area (Å²) in [6.45, 7) is 1.64. The van der Waals surface area contributed by atoms with E-state index in [9.17, 15) is 13.6 Å². The van der Waals surface area contributed by atoms with Gasteiger partial charge in [0.05, 0.1) is 11.8 Å². The van der Waals surface area contributed by atoms with Gasteiger partial charge in [0, 0.05) is 11.6 Å². The predicted octanol–water partition coefficient (Wildman–Crippen LogP) is 2.79. The second-order valence-electron chi connectivity index (χ2n) is 3.95. The third kappa shape index (κ3) is 3.97. The van der Waals surface area contributed by atoms with E-state index in [4.69, 9.17) is 0 Å². The van der Waals surface area contributed by atoms with Crippen LogP contribution in [0.2, 0.25) is 0 Å². The molecule has 8 heteroatoms. The second kappa shape index (κ2) is 6.76. The molecule has 1 N–H and O–H groups in total. The van der Waals surface area contributed by atoms with E-state index >= 15 is 0 Å². The molecule has 0 aliphatic heterocycles. The molecule has 0 spiro atoms. The summed E-state index contributed by atoms with van der Waals surface area (Å²) in [5.41, 5.74) is 1.83. The zero-order valence-electron chi connectivity index (χ0n) is 10.5. The lowest BCUT2D eigenvalue weighted by molar-refractivity contribution is -0.119. The van der Waals surface area contributed by atoms with Gasteiger partial charge in [0.15, 0.2) is 4.34 Å². The maximum Gasteiger partial charge on any atom is 0.230 e. The zero-order chi connectivity index (χ0) is 14.5. The Balaban J connectivity index is 1.90. The number of carbonyl (C=O) groups excluding carboxylic acids is 1. The van der Waals surface area contributed by atoms with Gasteiger partial charge >= 0.3 is 0 Å². The van der Waals surface area contributed by atoms with Crippen molar-refractivity contribution in [3.8, 4) is 0 Å². The normalized spacial score (nSPS) is 12.2. The van der Waals surface area contributed by atoms with Gasteiger partial charge in [-0.1, -0.05) is 29.2 Å². The van der Waals surface area contributed by atoms with E-state index in [0.29, 0.717) is 4.34 Å². The fourth-order valence-electron chi connectivity index (χ4n) is 1.57. The SMILES string of the molecule is CC(NC(=O)CSc1nncs1)c1ccc(F)cc1F. The molecule has 1 aromatic carbocycles. The Labute approximate surface area is 122 Å². The van der Waals surface area contributed by atoms with Gasteiger partial charge in [-0.15, -0.1) is 10.2 Å². The summed E-state index contributed by atoms with van der Waals surface area (Å²) in [4.78, 5) is 11.7. The van der Waals surface area contributed by atoms with Gasteiger partial charge in [-0.3, -0.25) is 4.79 Å². The summed E-state index contributed by atoms with van der Waals surface area (Å²) in [7, 11) is 0. The Morgan fingerprint density at radius 1 is 1.50 bits per heavy atom. The van der Waals surface area contributed by atoms with Crippen LogP contribution in [0.5, 0.6) is 0 Å². The molecule has 1 unspecified atom stereocenters. The summed E-state index contributed by atoms with van der Waals surface area (Å²) in [6, 6.07) is 2.76. The van der Waals surface area contributed by atoms with Crippen LogP contribution in [-0.4, -0.2) is 21.9 Å². The van der Waals surface area contributed by atoms with Crippen LogP contribution in [0.1, 0.15) is 18.5 Å². The van der Waals surface area contributed by atoms with Crippen molar-refractivity contribution < 1.29 is 13.6 Å². The van der Waals surface area contributed by atoms with Crippen molar-refractivity contribution in [2.45, 2.75) is 17.3 Å². The Bertz CT molecular complexity index is 592. The molecule has 1 amide bonds. The van der Waals surface area contributed by atoms with Crippen molar-refractivity contribution in [2.75, 3.05) is 5.75 Å². The van der Waals surface area contributed by atoms with E-state index in [0.717, 1.165) is 12.1 Å². The molecule has 2 aromatic rings.